The van der Waals surface area contributed by atoms with Crippen LogP contribution in [0.25, 0.3) is 0 Å². The lowest BCUT2D eigenvalue weighted by Gasteiger charge is -2.34. The molecule has 0 bridgehead atoms. The fraction of sp³-hybridized carbons (Fsp3) is 0.214. The number of aliphatic carboxylic acids is 1. The summed E-state index contributed by atoms with van der Waals surface area (Å²) in [5, 5.41) is 18.5. The highest BCUT2D eigenvalue weighted by Gasteiger charge is 2.35. The fourth-order valence-electron chi connectivity index (χ4n) is 2.57. The number of benzene rings is 1. The Balaban J connectivity index is 1.88. The van der Waals surface area contributed by atoms with Crippen LogP contribution < -0.4 is 5.32 Å². The van der Waals surface area contributed by atoms with Crippen molar-refractivity contribution in [2.24, 2.45) is 0 Å². The number of urea groups is 1. The van der Waals surface area contributed by atoms with Gasteiger partial charge in [0.2, 0.25) is 0 Å². The summed E-state index contributed by atoms with van der Waals surface area (Å²) in [5.74, 6) is -1.04. The zero-order chi connectivity index (χ0) is 14.8. The van der Waals surface area contributed by atoms with Crippen LogP contribution in [0.2, 0.25) is 0 Å². The third-order valence-electron chi connectivity index (χ3n) is 3.53. The second-order valence-electron chi connectivity index (χ2n) is 4.80. The molecule has 1 unspecified atom stereocenters. The maximum Gasteiger partial charge on any atom is 0.331 e. The van der Waals surface area contributed by atoms with Gasteiger partial charge in [0.05, 0.1) is 11.9 Å². The van der Waals surface area contributed by atoms with E-state index in [-0.39, 0.29) is 0 Å². The number of hydrogen-bond donors (Lipinski definition) is 3. The predicted octanol–water partition coefficient (Wildman–Crippen LogP) is 1.63. The first-order valence-electron chi connectivity index (χ1n) is 6.54. The number of hydrogen-bond acceptors (Lipinski definition) is 3. The van der Waals surface area contributed by atoms with Gasteiger partial charge in [-0.2, -0.15) is 5.10 Å². The summed E-state index contributed by atoms with van der Waals surface area (Å²) in [4.78, 5) is 25.2. The Morgan fingerprint density at radius 1 is 1.38 bits per heavy atom. The van der Waals surface area contributed by atoms with E-state index in [2.05, 4.69) is 15.5 Å². The van der Waals surface area contributed by atoms with Crippen molar-refractivity contribution in [2.45, 2.75) is 12.5 Å². The first-order chi connectivity index (χ1) is 10.2. The van der Waals surface area contributed by atoms with Gasteiger partial charge in [0, 0.05) is 12.7 Å². The second-order valence-corrected chi connectivity index (χ2v) is 4.80. The molecule has 0 fully saturated rings. The van der Waals surface area contributed by atoms with E-state index in [0.717, 1.165) is 5.56 Å². The number of carbonyl (C=O) groups is 2. The number of H-pyrrole nitrogens is 1. The van der Waals surface area contributed by atoms with Crippen LogP contribution in [0.15, 0.2) is 36.7 Å². The van der Waals surface area contributed by atoms with E-state index < -0.39 is 18.0 Å². The van der Waals surface area contributed by atoms with Gasteiger partial charge in [0.1, 0.15) is 0 Å². The number of rotatable bonds is 2. The average molecular weight is 286 g/mol. The summed E-state index contributed by atoms with van der Waals surface area (Å²) in [5.41, 5.74) is 2.14. The molecule has 0 aliphatic carbocycles. The first-order valence-corrected chi connectivity index (χ1v) is 6.54. The van der Waals surface area contributed by atoms with E-state index in [1.807, 2.05) is 12.1 Å². The van der Waals surface area contributed by atoms with Crippen molar-refractivity contribution in [3.8, 4) is 0 Å². The molecule has 0 saturated carbocycles. The van der Waals surface area contributed by atoms with Crippen LogP contribution in [0.5, 0.6) is 0 Å². The lowest BCUT2D eigenvalue weighted by atomic mass is 9.93. The van der Waals surface area contributed by atoms with Crippen molar-refractivity contribution in [2.75, 3.05) is 11.9 Å². The monoisotopic (exact) mass is 286 g/mol. The number of aromatic nitrogens is 2. The Bertz CT molecular complexity index is 669. The maximum atomic E-state index is 12.3. The molecule has 3 rings (SSSR count). The van der Waals surface area contributed by atoms with Gasteiger partial charge >= 0.3 is 12.0 Å². The third-order valence-corrected chi connectivity index (χ3v) is 3.53. The van der Waals surface area contributed by atoms with Crippen molar-refractivity contribution in [1.29, 1.82) is 0 Å². The van der Waals surface area contributed by atoms with Crippen molar-refractivity contribution in [3.63, 3.8) is 0 Å². The lowest BCUT2D eigenvalue weighted by molar-refractivity contribution is -0.142. The van der Waals surface area contributed by atoms with Crippen molar-refractivity contribution in [1.82, 2.24) is 15.1 Å². The Hall–Kier alpha value is -2.83. The summed E-state index contributed by atoms with van der Waals surface area (Å²) in [6.07, 6.45) is 3.63. The van der Waals surface area contributed by atoms with Crippen LogP contribution in [0.4, 0.5) is 10.5 Å². The molecule has 1 aliphatic heterocycles. The second kappa shape index (κ2) is 5.28. The Kier molecular flexibility index (Phi) is 3.31. The van der Waals surface area contributed by atoms with E-state index in [1.165, 1.54) is 17.3 Å². The molecule has 0 spiro atoms. The van der Waals surface area contributed by atoms with E-state index in [0.29, 0.717) is 24.2 Å². The van der Waals surface area contributed by atoms with Crippen LogP contribution in [0.3, 0.4) is 0 Å². The van der Waals surface area contributed by atoms with Gasteiger partial charge < -0.3 is 15.3 Å². The highest BCUT2D eigenvalue weighted by molar-refractivity contribution is 5.93. The number of aromatic amines is 1. The molecule has 1 aromatic heterocycles. The van der Waals surface area contributed by atoms with Crippen LogP contribution in [0, 0.1) is 0 Å². The summed E-state index contributed by atoms with van der Waals surface area (Å²) < 4.78 is 0. The van der Waals surface area contributed by atoms with Gasteiger partial charge in [-0.25, -0.2) is 9.59 Å². The first kappa shape index (κ1) is 13.2. The minimum atomic E-state index is -1.04. The van der Waals surface area contributed by atoms with Gasteiger partial charge in [-0.05, 0) is 17.5 Å². The topological polar surface area (TPSA) is 98.3 Å². The summed E-state index contributed by atoms with van der Waals surface area (Å²) in [6, 6.07) is 5.90. The van der Waals surface area contributed by atoms with Gasteiger partial charge in [-0.15, -0.1) is 0 Å². The molecule has 2 aromatic rings. The van der Waals surface area contributed by atoms with Crippen LogP contribution in [-0.4, -0.2) is 38.7 Å². The van der Waals surface area contributed by atoms with Crippen LogP contribution in [0.1, 0.15) is 17.2 Å². The van der Waals surface area contributed by atoms with Crippen LogP contribution >= 0.6 is 0 Å². The minimum absolute atomic E-state index is 0.359. The highest BCUT2D eigenvalue weighted by atomic mass is 16.4. The number of nitrogens with zero attached hydrogens (tertiary/aromatic N) is 2. The molecule has 7 heteroatoms. The molecular formula is C14H14N4O3. The molecule has 0 saturated heterocycles. The number of carboxylic acids is 1. The molecule has 7 nitrogen and oxygen atoms in total. The molecule has 2 amide bonds. The van der Waals surface area contributed by atoms with Gasteiger partial charge in [-0.1, -0.05) is 24.3 Å². The van der Waals surface area contributed by atoms with Gasteiger partial charge in [0.25, 0.3) is 0 Å². The zero-order valence-electron chi connectivity index (χ0n) is 11.1. The van der Waals surface area contributed by atoms with E-state index >= 15 is 0 Å². The quantitative estimate of drug-likeness (QED) is 0.781. The lowest BCUT2D eigenvalue weighted by Crippen LogP contribution is -2.45. The Morgan fingerprint density at radius 3 is 2.90 bits per heavy atom. The summed E-state index contributed by atoms with van der Waals surface area (Å²) >= 11 is 0. The number of carbonyl (C=O) groups excluding carboxylic acids is 1. The number of carboxylic acid groups (broad SMARTS) is 1. The molecule has 2 heterocycles. The molecule has 108 valence electrons. The molecule has 1 aromatic carbocycles. The SMILES string of the molecule is O=C(O)C1c2ccccc2CCN1C(=O)Nc1cn[nH]c1. The number of fused-ring (bicyclic) bond motifs is 1. The summed E-state index contributed by atoms with van der Waals surface area (Å²) in [6.45, 7) is 0.359. The Morgan fingerprint density at radius 2 is 2.19 bits per heavy atom. The molecule has 0 radical (unpaired) electrons. The highest BCUT2D eigenvalue weighted by Crippen LogP contribution is 2.30. The molecular weight excluding hydrogens is 272 g/mol. The third kappa shape index (κ3) is 2.45. The van der Waals surface area contributed by atoms with Gasteiger partial charge in [0.15, 0.2) is 6.04 Å². The van der Waals surface area contributed by atoms with Crippen molar-refractivity contribution >= 4 is 17.7 Å². The predicted molar refractivity (Wildman–Crippen MR) is 74.8 cm³/mol. The fourth-order valence-corrected chi connectivity index (χ4v) is 2.57. The number of amides is 2. The molecule has 21 heavy (non-hydrogen) atoms. The average Bonchev–Trinajstić information content (AvgIpc) is 2.98. The smallest absolute Gasteiger partial charge is 0.331 e. The molecule has 1 atom stereocenters. The zero-order valence-corrected chi connectivity index (χ0v) is 11.1. The molecule has 1 aliphatic rings. The number of anilines is 1. The number of nitrogens with one attached hydrogen (secondary N) is 2. The van der Waals surface area contributed by atoms with Crippen molar-refractivity contribution < 1.29 is 14.7 Å². The van der Waals surface area contributed by atoms with E-state index in [4.69, 9.17) is 0 Å². The van der Waals surface area contributed by atoms with E-state index in [9.17, 15) is 14.7 Å². The minimum Gasteiger partial charge on any atom is -0.479 e. The molecule has 3 N–H and O–H groups in total. The largest absolute Gasteiger partial charge is 0.479 e. The Labute approximate surface area is 120 Å². The van der Waals surface area contributed by atoms with Gasteiger partial charge in [-0.3, -0.25) is 5.10 Å². The maximum absolute atomic E-state index is 12.3. The van der Waals surface area contributed by atoms with Crippen LogP contribution in [-0.2, 0) is 11.2 Å². The van der Waals surface area contributed by atoms with Crippen molar-refractivity contribution in [3.05, 3.63) is 47.8 Å². The standard InChI is InChI=1S/C14H14N4O3/c19-13(20)12-11-4-2-1-3-9(11)5-6-18(12)14(21)17-10-7-15-16-8-10/h1-4,7-8,12H,5-6H2,(H,15,16)(H,17,21)(H,19,20). The van der Waals surface area contributed by atoms with E-state index in [1.54, 1.807) is 12.1 Å². The normalized spacial score (nSPS) is 17.1. The summed E-state index contributed by atoms with van der Waals surface area (Å²) in [7, 11) is 0.